The van der Waals surface area contributed by atoms with Crippen molar-refractivity contribution in [3.8, 4) is 0 Å². The van der Waals surface area contributed by atoms with Crippen molar-refractivity contribution >= 4 is 12.2 Å². The number of hydrogen-bond acceptors (Lipinski definition) is 3. The van der Waals surface area contributed by atoms with Crippen LogP contribution in [0.1, 0.15) is 0 Å². The van der Waals surface area contributed by atoms with E-state index in [1.165, 1.54) is 7.11 Å². The number of hydrogen-bond donors (Lipinski definition) is 2. The second-order valence-corrected chi connectivity index (χ2v) is 1.72. The van der Waals surface area contributed by atoms with E-state index in [2.05, 4.69) is 27.3 Å². The van der Waals surface area contributed by atoms with E-state index in [-0.39, 0.29) is 4.77 Å². The number of H-pyrrole nitrogens is 2. The van der Waals surface area contributed by atoms with Gasteiger partial charge in [-0.3, -0.25) is 5.10 Å². The van der Waals surface area contributed by atoms with Crippen LogP contribution in [0.4, 0.5) is 0 Å². The predicted octanol–water partition coefficient (Wildman–Crippen LogP) is -0.708. The second-order valence-electron chi connectivity index (χ2n) is 1.34. The van der Waals surface area contributed by atoms with E-state index in [1.807, 2.05) is 0 Å². The Morgan fingerprint density at radius 2 is 2.33 bits per heavy atom. The number of aromatic amines is 2. The Balaban J connectivity index is 3.41. The minimum atomic E-state index is -0.400. The Hall–Kier alpha value is -1.04. The van der Waals surface area contributed by atoms with Gasteiger partial charge in [-0.2, -0.15) is 0 Å². The molecule has 0 unspecified atom stereocenters. The molecule has 1 heterocycles. The summed E-state index contributed by atoms with van der Waals surface area (Å²) in [5.41, 5.74) is -0.400. The van der Waals surface area contributed by atoms with E-state index in [0.29, 0.717) is 0 Å². The molecule has 0 fully saturated rings. The SMILES string of the molecule is COn1c(=O)[nH][nH]c1=S. The Labute approximate surface area is 55.2 Å². The van der Waals surface area contributed by atoms with Gasteiger partial charge in [0.25, 0.3) is 0 Å². The number of aromatic nitrogens is 3. The molecule has 0 amide bonds. The molecule has 0 bridgehead atoms. The van der Waals surface area contributed by atoms with Crippen molar-refractivity contribution in [2.75, 3.05) is 7.11 Å². The lowest BCUT2D eigenvalue weighted by molar-refractivity contribution is 0.154. The first-order valence-corrected chi connectivity index (χ1v) is 2.60. The number of rotatable bonds is 1. The van der Waals surface area contributed by atoms with Gasteiger partial charge in [-0.25, -0.2) is 9.89 Å². The third-order valence-corrected chi connectivity index (χ3v) is 1.10. The van der Waals surface area contributed by atoms with Crippen LogP contribution in [-0.4, -0.2) is 22.0 Å². The van der Waals surface area contributed by atoms with E-state index in [9.17, 15) is 4.79 Å². The van der Waals surface area contributed by atoms with Gasteiger partial charge in [-0.05, 0) is 12.2 Å². The summed E-state index contributed by atoms with van der Waals surface area (Å²) in [5.74, 6) is 0. The maximum absolute atomic E-state index is 10.6. The lowest BCUT2D eigenvalue weighted by Crippen LogP contribution is -2.21. The molecule has 9 heavy (non-hydrogen) atoms. The molecule has 0 atom stereocenters. The van der Waals surface area contributed by atoms with Crippen molar-refractivity contribution < 1.29 is 4.84 Å². The Morgan fingerprint density at radius 1 is 1.67 bits per heavy atom. The fourth-order valence-electron chi connectivity index (χ4n) is 0.467. The molecule has 0 aromatic carbocycles. The number of nitrogens with zero attached hydrogens (tertiary/aromatic N) is 1. The van der Waals surface area contributed by atoms with Gasteiger partial charge in [0.15, 0.2) is 0 Å². The molecule has 1 rings (SSSR count). The molecule has 6 heteroatoms. The highest BCUT2D eigenvalue weighted by Crippen LogP contribution is 1.71. The quantitative estimate of drug-likeness (QED) is 0.516. The van der Waals surface area contributed by atoms with Crippen molar-refractivity contribution in [1.29, 1.82) is 0 Å². The summed E-state index contributed by atoms with van der Waals surface area (Å²) in [6, 6.07) is 0. The molecule has 1 aromatic rings. The van der Waals surface area contributed by atoms with Gasteiger partial charge in [-0.1, -0.05) is 4.73 Å². The third-order valence-electron chi connectivity index (χ3n) is 0.828. The van der Waals surface area contributed by atoms with Crippen LogP contribution in [-0.2, 0) is 0 Å². The van der Waals surface area contributed by atoms with Gasteiger partial charge in [-0.15, -0.1) is 0 Å². The van der Waals surface area contributed by atoms with E-state index in [1.54, 1.807) is 0 Å². The zero-order valence-corrected chi connectivity index (χ0v) is 5.49. The van der Waals surface area contributed by atoms with Gasteiger partial charge in [0.2, 0.25) is 4.77 Å². The first-order chi connectivity index (χ1) is 4.25. The van der Waals surface area contributed by atoms with Gasteiger partial charge in [0.1, 0.15) is 7.11 Å². The summed E-state index contributed by atoms with van der Waals surface area (Å²) >= 11 is 4.62. The fraction of sp³-hybridized carbons (Fsp3) is 0.333. The number of nitrogens with one attached hydrogen (secondary N) is 2. The summed E-state index contributed by atoms with van der Waals surface area (Å²) in [4.78, 5) is 15.1. The molecule has 0 spiro atoms. The van der Waals surface area contributed by atoms with E-state index in [0.717, 1.165) is 4.73 Å². The molecule has 1 aromatic heterocycles. The van der Waals surface area contributed by atoms with Gasteiger partial charge < -0.3 is 4.84 Å². The highest BCUT2D eigenvalue weighted by molar-refractivity contribution is 7.71. The van der Waals surface area contributed by atoms with Crippen molar-refractivity contribution in [3.05, 3.63) is 15.3 Å². The second kappa shape index (κ2) is 2.06. The van der Waals surface area contributed by atoms with Crippen molar-refractivity contribution in [2.45, 2.75) is 0 Å². The molecular formula is C3H5N3O2S. The molecular weight excluding hydrogens is 142 g/mol. The summed E-state index contributed by atoms with van der Waals surface area (Å²) in [6.07, 6.45) is 0. The van der Waals surface area contributed by atoms with Crippen molar-refractivity contribution in [2.24, 2.45) is 0 Å². The highest BCUT2D eigenvalue weighted by atomic mass is 32.1. The van der Waals surface area contributed by atoms with Crippen LogP contribution in [0.5, 0.6) is 0 Å². The van der Waals surface area contributed by atoms with Crippen LogP contribution >= 0.6 is 12.2 Å². The Bertz CT molecular complexity index is 267. The monoisotopic (exact) mass is 147 g/mol. The normalized spacial score (nSPS) is 9.44. The first-order valence-electron chi connectivity index (χ1n) is 2.20. The standard InChI is InChI=1S/C3H5N3O2S/c1-8-6-2(7)4-5-3(6)9/h1H3,(H,4,7)(H,5,9). The minimum absolute atomic E-state index is 0.225. The first kappa shape index (κ1) is 6.09. The van der Waals surface area contributed by atoms with Crippen molar-refractivity contribution in [1.82, 2.24) is 14.9 Å². The molecule has 0 saturated heterocycles. The zero-order valence-electron chi connectivity index (χ0n) is 4.67. The third kappa shape index (κ3) is 0.879. The van der Waals surface area contributed by atoms with Crippen LogP contribution in [0.2, 0.25) is 0 Å². The summed E-state index contributed by atoms with van der Waals surface area (Å²) in [6.45, 7) is 0. The molecule has 5 nitrogen and oxygen atoms in total. The lowest BCUT2D eigenvalue weighted by atomic mass is 11.2. The molecule has 50 valence electrons. The van der Waals surface area contributed by atoms with Crippen LogP contribution < -0.4 is 10.5 Å². The van der Waals surface area contributed by atoms with Crippen molar-refractivity contribution in [3.63, 3.8) is 0 Å². The predicted molar refractivity (Wildman–Crippen MR) is 32.7 cm³/mol. The van der Waals surface area contributed by atoms with Gasteiger partial charge in [0.05, 0.1) is 0 Å². The summed E-state index contributed by atoms with van der Waals surface area (Å²) in [5, 5.41) is 4.64. The molecule has 0 aliphatic heterocycles. The highest BCUT2D eigenvalue weighted by Gasteiger charge is 1.94. The minimum Gasteiger partial charge on any atom is -0.410 e. The van der Waals surface area contributed by atoms with Crippen LogP contribution in [0, 0.1) is 4.77 Å². The summed E-state index contributed by atoms with van der Waals surface area (Å²) in [7, 11) is 1.36. The fourth-order valence-corrected chi connectivity index (χ4v) is 0.675. The van der Waals surface area contributed by atoms with Crippen LogP contribution in [0.15, 0.2) is 4.79 Å². The van der Waals surface area contributed by atoms with Crippen LogP contribution in [0.3, 0.4) is 0 Å². The molecule has 0 aliphatic rings. The topological polar surface area (TPSA) is 62.8 Å². The molecule has 2 N–H and O–H groups in total. The van der Waals surface area contributed by atoms with E-state index in [4.69, 9.17) is 0 Å². The van der Waals surface area contributed by atoms with Gasteiger partial charge >= 0.3 is 5.69 Å². The average Bonchev–Trinajstić information content (AvgIpc) is 2.12. The Morgan fingerprint density at radius 3 is 2.56 bits per heavy atom. The maximum Gasteiger partial charge on any atom is 0.375 e. The van der Waals surface area contributed by atoms with Gasteiger partial charge in [0, 0.05) is 0 Å². The lowest BCUT2D eigenvalue weighted by Gasteiger charge is -1.91. The molecule has 0 aliphatic carbocycles. The largest absolute Gasteiger partial charge is 0.410 e. The van der Waals surface area contributed by atoms with E-state index >= 15 is 0 Å². The maximum atomic E-state index is 10.6. The Kier molecular flexibility index (Phi) is 1.39. The summed E-state index contributed by atoms with van der Waals surface area (Å²) < 4.78 is 1.16. The molecule has 0 radical (unpaired) electrons. The van der Waals surface area contributed by atoms with E-state index < -0.39 is 5.69 Å². The average molecular weight is 147 g/mol. The smallest absolute Gasteiger partial charge is 0.375 e. The molecule has 0 saturated carbocycles. The van der Waals surface area contributed by atoms with Crippen LogP contribution in [0.25, 0.3) is 0 Å². The zero-order chi connectivity index (χ0) is 6.85.